The van der Waals surface area contributed by atoms with Crippen LogP contribution in [0.1, 0.15) is 99.0 Å². The van der Waals surface area contributed by atoms with Gasteiger partial charge in [-0.15, -0.1) is 11.3 Å². The minimum atomic E-state index is -2.79. The van der Waals surface area contributed by atoms with Gasteiger partial charge < -0.3 is 64.8 Å². The van der Waals surface area contributed by atoms with Crippen LogP contribution in [0.4, 0.5) is 25.1 Å². The minimum Gasteiger partial charge on any atom is -0.391 e. The predicted octanol–water partition coefficient (Wildman–Crippen LogP) is 5.63. The number of nitrogens with one attached hydrogen (secondary N) is 4. The number of anilines is 2. The zero-order chi connectivity index (χ0) is 61.6. The van der Waals surface area contributed by atoms with Crippen LogP contribution in [0.3, 0.4) is 0 Å². The minimum absolute atomic E-state index is 0.00607. The largest absolute Gasteiger partial charge is 0.391 e. The fourth-order valence-electron chi connectivity index (χ4n) is 11.5. The number of β-amino-alcohol motifs (C(OH)–C–C–N with tert-alkyl or cyclic N) is 1. The normalized spacial score (nSPS) is 17.5. The molecule has 26 heteroatoms. The molecule has 23 nitrogen and oxygen atoms in total. The van der Waals surface area contributed by atoms with E-state index in [1.807, 2.05) is 62.9 Å². The molecule has 0 unspecified atom stereocenters. The summed E-state index contributed by atoms with van der Waals surface area (Å²) in [6.07, 6.45) is 3.24. The molecule has 0 aliphatic carbocycles. The summed E-state index contributed by atoms with van der Waals surface area (Å²) in [6.45, 7) is 12.6. The van der Waals surface area contributed by atoms with Gasteiger partial charge in [-0.05, 0) is 72.4 Å². The molecule has 0 saturated carbocycles. The third-order valence-electron chi connectivity index (χ3n) is 16.1. The van der Waals surface area contributed by atoms with E-state index >= 15 is 8.78 Å². The number of rotatable bonds is 27. The lowest BCUT2D eigenvalue weighted by Gasteiger charge is -2.35. The second-order valence-corrected chi connectivity index (χ2v) is 24.2. The summed E-state index contributed by atoms with van der Waals surface area (Å²) in [5.74, 6) is -0.841. The molecule has 4 aliphatic rings. The number of likely N-dealkylation sites (tertiary alicyclic amines) is 1. The van der Waals surface area contributed by atoms with Gasteiger partial charge in [-0.3, -0.25) is 28.5 Å². The number of fused-ring (bicyclic) bond motifs is 2. The Morgan fingerprint density at radius 3 is 2.28 bits per heavy atom. The molecule has 9 rings (SSSR count). The molecule has 4 aliphatic heterocycles. The summed E-state index contributed by atoms with van der Waals surface area (Å²) >= 11 is 1.56. The summed E-state index contributed by atoms with van der Waals surface area (Å²) in [4.78, 5) is 76.8. The van der Waals surface area contributed by atoms with Crippen LogP contribution in [-0.4, -0.2) is 187 Å². The van der Waals surface area contributed by atoms with E-state index in [2.05, 4.69) is 36.0 Å². The van der Waals surface area contributed by atoms with Crippen molar-refractivity contribution in [2.45, 2.75) is 123 Å². The first kappa shape index (κ1) is 64.5. The van der Waals surface area contributed by atoms with E-state index in [4.69, 9.17) is 28.8 Å². The number of thiazole rings is 1. The Morgan fingerprint density at radius 2 is 1.60 bits per heavy atom. The molecule has 2 saturated heterocycles. The first-order valence-electron chi connectivity index (χ1n) is 30.0. The average molecular weight is 1230 g/mol. The fraction of sp³-hybridized carbons (Fsp3) is 0.574. The van der Waals surface area contributed by atoms with Crippen molar-refractivity contribution in [3.05, 3.63) is 87.9 Å². The number of aryl methyl sites for hydroxylation is 2. The van der Waals surface area contributed by atoms with Gasteiger partial charge >= 0.3 is 6.03 Å². The number of ether oxygens (including phenoxy) is 5. The lowest BCUT2D eigenvalue weighted by Crippen LogP contribution is -2.57. The van der Waals surface area contributed by atoms with Gasteiger partial charge in [0.15, 0.2) is 5.82 Å². The number of aliphatic hydroxyl groups excluding tert-OH is 1. The molecule has 5 N–H and O–H groups in total. The summed E-state index contributed by atoms with van der Waals surface area (Å²) in [5, 5.41) is 31.4. The molecular formula is C61H82F2N12O11S. The Kier molecular flexibility index (Phi) is 22.5. The van der Waals surface area contributed by atoms with Gasteiger partial charge in [0.05, 0.1) is 93.8 Å². The van der Waals surface area contributed by atoms with Crippen LogP contribution in [0, 0.1) is 12.3 Å². The van der Waals surface area contributed by atoms with E-state index < -0.39 is 41.8 Å². The third kappa shape index (κ3) is 16.6. The van der Waals surface area contributed by atoms with Crippen molar-refractivity contribution in [3.8, 4) is 21.6 Å². The van der Waals surface area contributed by atoms with Crippen molar-refractivity contribution in [1.82, 2.24) is 55.6 Å². The van der Waals surface area contributed by atoms with E-state index in [-0.39, 0.29) is 102 Å². The van der Waals surface area contributed by atoms with Crippen LogP contribution in [0.25, 0.3) is 21.6 Å². The number of benzene rings is 2. The number of hydrogen-bond acceptors (Lipinski definition) is 16. The standard InChI is InChI=1S/C61H82F2N12O11S/c1-39-54(87-38-67-39)41-10-8-40(9-11-41)32-66-58(79)51-30-45(76)35-74(51)59(80)55(61(2,3)4)69-52(77)15-21-83-23-25-85-27-28-86-26-24-84-22-16-65-53(78)37-72-34-43(33-68-72)46-29-42-7-6-17-73(50(42)31-47(46)56(62)63)57-48-36-71(60(81)64-5)18-12-49(48)75(70-57)44-13-19-82-20-14-44/h8-11,29,31,33-34,38,44-45,51,55-56,76H,6-7,12-28,30,32,35-37H2,1-5H3,(H,64,81)(H,65,78)(H,66,79)(H,69,77)/t45-,51+,55-/m1/s1. The van der Waals surface area contributed by atoms with Crippen molar-refractivity contribution in [3.63, 3.8) is 0 Å². The van der Waals surface area contributed by atoms with Gasteiger partial charge in [-0.1, -0.05) is 45.0 Å². The molecule has 87 heavy (non-hydrogen) atoms. The maximum Gasteiger partial charge on any atom is 0.317 e. The molecule has 3 atom stereocenters. The SMILES string of the molecule is CNC(=O)N1CCc2c(c(N3CCCc4cc(-c5cnn(CC(=O)NCCOCCOCCOCCOCCC(=O)N[C@H](C(=O)N6C[C@H](O)C[C@H]6C(=O)NCc6ccc(-c7scnc7C)cc6)C(C)(C)C)c5)c(C(F)F)cc43)nn2C2CCOCC2)C1. The first-order chi connectivity index (χ1) is 42.0. The molecule has 6 amide bonds. The quantitative estimate of drug-likeness (QED) is 0.0399. The molecule has 0 spiro atoms. The van der Waals surface area contributed by atoms with Gasteiger partial charge in [0.2, 0.25) is 23.6 Å². The average Bonchev–Trinajstić information content (AvgIpc) is 1.81. The van der Waals surface area contributed by atoms with Crippen LogP contribution in [0.5, 0.6) is 0 Å². The summed E-state index contributed by atoms with van der Waals surface area (Å²) in [5.41, 5.74) is 8.25. The van der Waals surface area contributed by atoms with E-state index in [0.29, 0.717) is 88.1 Å². The van der Waals surface area contributed by atoms with E-state index in [1.165, 1.54) is 15.8 Å². The van der Waals surface area contributed by atoms with Crippen LogP contribution < -0.4 is 26.2 Å². The van der Waals surface area contributed by atoms with Gasteiger partial charge in [-0.25, -0.2) is 18.6 Å². The second-order valence-electron chi connectivity index (χ2n) is 23.3. The van der Waals surface area contributed by atoms with E-state index in [1.54, 1.807) is 41.1 Å². The van der Waals surface area contributed by atoms with Crippen LogP contribution in [-0.2, 0) is 75.3 Å². The van der Waals surface area contributed by atoms with Crippen molar-refractivity contribution < 1.29 is 61.5 Å². The van der Waals surface area contributed by atoms with Crippen molar-refractivity contribution in [2.24, 2.45) is 5.41 Å². The molecule has 2 aromatic carbocycles. The number of hydrogen-bond donors (Lipinski definition) is 5. The number of alkyl halides is 2. The van der Waals surface area contributed by atoms with Crippen LogP contribution >= 0.6 is 11.3 Å². The Morgan fingerprint density at radius 1 is 0.885 bits per heavy atom. The highest BCUT2D eigenvalue weighted by Crippen LogP contribution is 2.44. The maximum absolute atomic E-state index is 15.0. The number of amides is 6. The lowest BCUT2D eigenvalue weighted by atomic mass is 9.85. The van der Waals surface area contributed by atoms with Crippen molar-refractivity contribution in [1.29, 1.82) is 0 Å². The molecule has 5 aromatic rings. The number of carbonyl (C=O) groups excluding carboxylic acids is 5. The van der Waals surface area contributed by atoms with Crippen LogP contribution in [0.15, 0.2) is 54.3 Å². The summed E-state index contributed by atoms with van der Waals surface area (Å²) in [7, 11) is 1.61. The van der Waals surface area contributed by atoms with Gasteiger partial charge in [0.1, 0.15) is 18.6 Å². The highest BCUT2D eigenvalue weighted by atomic mass is 32.1. The lowest BCUT2D eigenvalue weighted by molar-refractivity contribution is -0.144. The van der Waals surface area contributed by atoms with E-state index in [9.17, 15) is 29.1 Å². The third-order valence-corrected chi connectivity index (χ3v) is 17.1. The van der Waals surface area contributed by atoms with Gasteiger partial charge in [-0.2, -0.15) is 10.2 Å². The molecule has 0 radical (unpaired) electrons. The van der Waals surface area contributed by atoms with Crippen LogP contribution in [0.2, 0.25) is 0 Å². The number of urea groups is 1. The maximum atomic E-state index is 15.0. The van der Waals surface area contributed by atoms with Crippen molar-refractivity contribution >= 4 is 52.5 Å². The monoisotopic (exact) mass is 1230 g/mol. The fourth-order valence-corrected chi connectivity index (χ4v) is 12.3. The molecule has 472 valence electrons. The molecule has 0 bridgehead atoms. The van der Waals surface area contributed by atoms with Gasteiger partial charge in [0.25, 0.3) is 6.43 Å². The number of carbonyl (C=O) groups is 5. The molecule has 2 fully saturated rings. The highest BCUT2D eigenvalue weighted by Gasteiger charge is 2.45. The molecular weight excluding hydrogens is 1150 g/mol. The topological polar surface area (TPSA) is 258 Å². The first-order valence-corrected chi connectivity index (χ1v) is 30.9. The smallest absolute Gasteiger partial charge is 0.317 e. The Labute approximate surface area is 509 Å². The number of nitrogens with zero attached hydrogens (tertiary/aromatic N) is 8. The number of aromatic nitrogens is 5. The Hall–Kier alpha value is -6.94. The second kappa shape index (κ2) is 30.3. The summed E-state index contributed by atoms with van der Waals surface area (Å²) in [6, 6.07) is 9.34. The Bertz CT molecular complexity index is 3140. The zero-order valence-corrected chi connectivity index (χ0v) is 51.1. The molecule has 7 heterocycles. The highest BCUT2D eigenvalue weighted by molar-refractivity contribution is 7.13. The van der Waals surface area contributed by atoms with Gasteiger partial charge in [0, 0.05) is 107 Å². The predicted molar refractivity (Wildman–Crippen MR) is 320 cm³/mol. The molecule has 3 aromatic heterocycles. The number of halogens is 2. The Balaban J connectivity index is 0.634. The van der Waals surface area contributed by atoms with E-state index in [0.717, 1.165) is 57.8 Å². The zero-order valence-electron chi connectivity index (χ0n) is 50.3. The summed E-state index contributed by atoms with van der Waals surface area (Å²) < 4.78 is 61.7. The van der Waals surface area contributed by atoms with Crippen molar-refractivity contribution in [2.75, 3.05) is 104 Å². The number of aliphatic hydroxyl groups is 1.